The van der Waals surface area contributed by atoms with E-state index in [9.17, 15) is 4.79 Å². The number of carbonyl (C=O) groups is 1. The zero-order valence-corrected chi connectivity index (χ0v) is 9.90. The van der Waals surface area contributed by atoms with Gasteiger partial charge in [-0.15, -0.1) is 0 Å². The Morgan fingerprint density at radius 2 is 2.39 bits per heavy atom. The summed E-state index contributed by atoms with van der Waals surface area (Å²) in [6, 6.07) is 0. The van der Waals surface area contributed by atoms with E-state index in [1.807, 2.05) is 10.8 Å². The Hall–Kier alpha value is -2.31. The molecule has 0 saturated heterocycles. The van der Waals surface area contributed by atoms with E-state index >= 15 is 0 Å². The Bertz CT molecular complexity index is 491. The molecule has 0 spiro atoms. The third-order valence-electron chi connectivity index (χ3n) is 2.33. The van der Waals surface area contributed by atoms with Crippen molar-refractivity contribution >= 4 is 11.7 Å². The highest BCUT2D eigenvalue weighted by Crippen LogP contribution is 1.98. The number of esters is 1. The van der Waals surface area contributed by atoms with Crippen LogP contribution >= 0.6 is 0 Å². The van der Waals surface area contributed by atoms with E-state index in [1.165, 1.54) is 10.9 Å². The number of carbonyl (C=O) groups excluding carboxylic acids is 1. The molecule has 0 bridgehead atoms. The van der Waals surface area contributed by atoms with Crippen molar-refractivity contribution in [3.63, 3.8) is 0 Å². The van der Waals surface area contributed by atoms with E-state index in [1.54, 1.807) is 18.7 Å². The van der Waals surface area contributed by atoms with Gasteiger partial charge in [-0.2, -0.15) is 5.10 Å². The van der Waals surface area contributed by atoms with Crippen LogP contribution in [-0.2, 0) is 22.6 Å². The molecule has 0 unspecified atom stereocenters. The van der Waals surface area contributed by atoms with Crippen molar-refractivity contribution in [3.8, 4) is 0 Å². The molecule has 2 heterocycles. The van der Waals surface area contributed by atoms with Crippen LogP contribution in [0.15, 0.2) is 31.1 Å². The molecule has 0 fully saturated rings. The highest BCUT2D eigenvalue weighted by atomic mass is 16.5. The first kappa shape index (κ1) is 12.2. The van der Waals surface area contributed by atoms with E-state index in [4.69, 9.17) is 10.5 Å². The second-order valence-electron chi connectivity index (χ2n) is 3.85. The topological polar surface area (TPSA) is 88.0 Å². The first-order chi connectivity index (χ1) is 8.74. The minimum Gasteiger partial charge on any atom is -0.464 e. The molecule has 2 aromatic heterocycles. The lowest BCUT2D eigenvalue weighted by molar-refractivity contribution is -0.144. The Morgan fingerprint density at radius 1 is 1.50 bits per heavy atom. The zero-order valence-electron chi connectivity index (χ0n) is 9.90. The molecule has 0 aliphatic rings. The lowest BCUT2D eigenvalue weighted by Gasteiger charge is -2.05. The van der Waals surface area contributed by atoms with Gasteiger partial charge in [-0.3, -0.25) is 9.48 Å². The molecule has 0 aliphatic carbocycles. The quantitative estimate of drug-likeness (QED) is 0.587. The minimum absolute atomic E-state index is 0.0856. The summed E-state index contributed by atoms with van der Waals surface area (Å²) in [6.07, 6.45) is 9.15. The lowest BCUT2D eigenvalue weighted by atomic mass is 10.4. The third kappa shape index (κ3) is 3.62. The molecular weight excluding hydrogens is 234 g/mol. The number of hydrogen-bond acceptors (Lipinski definition) is 5. The standard InChI is InChI=1S/C11H15N5O2/c12-10-6-14-16(7-10)8-11(17)18-5-1-3-15-4-2-13-9-15/h2,4,6-7,9H,1,3,5,8,12H2. The Morgan fingerprint density at radius 3 is 3.06 bits per heavy atom. The smallest absolute Gasteiger partial charge is 0.327 e. The molecule has 2 rings (SSSR count). The zero-order chi connectivity index (χ0) is 12.8. The largest absolute Gasteiger partial charge is 0.464 e. The first-order valence-corrected chi connectivity index (χ1v) is 5.63. The molecule has 0 radical (unpaired) electrons. The Labute approximate surface area is 104 Å². The number of anilines is 1. The monoisotopic (exact) mass is 249 g/mol. The predicted molar refractivity (Wildman–Crippen MR) is 64.4 cm³/mol. The predicted octanol–water partition coefficient (Wildman–Crippen LogP) is 0.295. The summed E-state index contributed by atoms with van der Waals surface area (Å²) in [6.45, 7) is 1.25. The summed E-state index contributed by atoms with van der Waals surface area (Å²) in [7, 11) is 0. The van der Waals surface area contributed by atoms with E-state index < -0.39 is 0 Å². The number of rotatable bonds is 6. The molecule has 0 aliphatic heterocycles. The number of nitrogen functional groups attached to an aromatic ring is 1. The summed E-state index contributed by atoms with van der Waals surface area (Å²) in [4.78, 5) is 15.4. The SMILES string of the molecule is Nc1cnn(CC(=O)OCCCn2ccnc2)c1. The van der Waals surface area contributed by atoms with Crippen molar-refractivity contribution in [2.75, 3.05) is 12.3 Å². The molecule has 18 heavy (non-hydrogen) atoms. The fraction of sp³-hybridized carbons (Fsp3) is 0.364. The molecule has 7 heteroatoms. The van der Waals surface area contributed by atoms with Crippen LogP contribution in [0.2, 0.25) is 0 Å². The maximum absolute atomic E-state index is 11.4. The van der Waals surface area contributed by atoms with E-state index in [2.05, 4.69) is 10.1 Å². The van der Waals surface area contributed by atoms with Crippen molar-refractivity contribution in [3.05, 3.63) is 31.1 Å². The van der Waals surface area contributed by atoms with E-state index in [0.29, 0.717) is 12.3 Å². The van der Waals surface area contributed by atoms with Gasteiger partial charge < -0.3 is 15.0 Å². The van der Waals surface area contributed by atoms with Crippen molar-refractivity contribution in [2.45, 2.75) is 19.5 Å². The first-order valence-electron chi connectivity index (χ1n) is 5.63. The van der Waals surface area contributed by atoms with Gasteiger partial charge in [0.2, 0.25) is 0 Å². The van der Waals surface area contributed by atoms with E-state index in [-0.39, 0.29) is 12.5 Å². The average Bonchev–Trinajstić information content (AvgIpc) is 2.96. The maximum Gasteiger partial charge on any atom is 0.327 e. The van der Waals surface area contributed by atoms with Crippen LogP contribution in [0.5, 0.6) is 0 Å². The van der Waals surface area contributed by atoms with Gasteiger partial charge in [0.05, 0.1) is 24.8 Å². The lowest BCUT2D eigenvalue weighted by Crippen LogP contribution is -2.15. The van der Waals surface area contributed by atoms with Gasteiger partial charge in [0, 0.05) is 25.1 Å². The molecule has 2 aromatic rings. The summed E-state index contributed by atoms with van der Waals surface area (Å²) in [5, 5.41) is 3.90. The molecule has 0 saturated carbocycles. The fourth-order valence-electron chi connectivity index (χ4n) is 1.50. The van der Waals surface area contributed by atoms with Crippen LogP contribution in [0, 0.1) is 0 Å². The number of imidazole rings is 1. The molecule has 0 amide bonds. The van der Waals surface area contributed by atoms with Crippen LogP contribution in [0.1, 0.15) is 6.42 Å². The van der Waals surface area contributed by atoms with Gasteiger partial charge in [0.25, 0.3) is 0 Å². The van der Waals surface area contributed by atoms with Gasteiger partial charge in [-0.1, -0.05) is 0 Å². The molecule has 96 valence electrons. The number of nitrogens with zero attached hydrogens (tertiary/aromatic N) is 4. The van der Waals surface area contributed by atoms with Crippen molar-refractivity contribution in [1.82, 2.24) is 19.3 Å². The molecular formula is C11H15N5O2. The molecule has 7 nitrogen and oxygen atoms in total. The summed E-state index contributed by atoms with van der Waals surface area (Å²) >= 11 is 0. The Kier molecular flexibility index (Phi) is 3.95. The van der Waals surface area contributed by atoms with E-state index in [0.717, 1.165) is 13.0 Å². The number of aryl methyl sites for hydroxylation is 1. The van der Waals surface area contributed by atoms with Crippen LogP contribution in [0.4, 0.5) is 5.69 Å². The number of ether oxygens (including phenoxy) is 1. The Balaban J connectivity index is 1.63. The van der Waals surface area contributed by atoms with Crippen LogP contribution in [0.25, 0.3) is 0 Å². The summed E-state index contributed by atoms with van der Waals surface area (Å²) in [5.41, 5.74) is 6.02. The van der Waals surface area contributed by atoms with Gasteiger partial charge in [-0.05, 0) is 6.42 Å². The van der Waals surface area contributed by atoms with Crippen LogP contribution in [-0.4, -0.2) is 31.9 Å². The van der Waals surface area contributed by atoms with Crippen molar-refractivity contribution < 1.29 is 9.53 Å². The van der Waals surface area contributed by atoms with Gasteiger partial charge in [0.15, 0.2) is 0 Å². The minimum atomic E-state index is -0.316. The fourth-order valence-corrected chi connectivity index (χ4v) is 1.50. The third-order valence-corrected chi connectivity index (χ3v) is 2.33. The second-order valence-corrected chi connectivity index (χ2v) is 3.85. The highest BCUT2D eigenvalue weighted by molar-refractivity contribution is 5.69. The average molecular weight is 249 g/mol. The van der Waals surface area contributed by atoms with Crippen LogP contribution in [0.3, 0.4) is 0 Å². The summed E-state index contributed by atoms with van der Waals surface area (Å²) < 4.78 is 8.46. The number of nitrogens with two attached hydrogens (primary N) is 1. The molecule has 0 aromatic carbocycles. The molecule has 2 N–H and O–H groups in total. The van der Waals surface area contributed by atoms with Gasteiger partial charge in [0.1, 0.15) is 6.54 Å². The van der Waals surface area contributed by atoms with Gasteiger partial charge >= 0.3 is 5.97 Å². The number of hydrogen-bond donors (Lipinski definition) is 1. The maximum atomic E-state index is 11.4. The normalized spacial score (nSPS) is 10.4. The van der Waals surface area contributed by atoms with Gasteiger partial charge in [-0.25, -0.2) is 4.98 Å². The highest BCUT2D eigenvalue weighted by Gasteiger charge is 2.04. The van der Waals surface area contributed by atoms with Crippen molar-refractivity contribution in [1.29, 1.82) is 0 Å². The summed E-state index contributed by atoms with van der Waals surface area (Å²) in [5.74, 6) is -0.316. The number of aromatic nitrogens is 4. The van der Waals surface area contributed by atoms with Crippen LogP contribution < -0.4 is 5.73 Å². The van der Waals surface area contributed by atoms with Crippen molar-refractivity contribution in [2.24, 2.45) is 0 Å². The molecule has 0 atom stereocenters. The second kappa shape index (κ2) is 5.85.